The fraction of sp³-hybridized carbons (Fsp3) is 0.850. The summed E-state index contributed by atoms with van der Waals surface area (Å²) in [4.78, 5) is 41.6. The highest BCUT2D eigenvalue weighted by molar-refractivity contribution is 6.09. The molecule has 2 aliphatic carbocycles. The van der Waals surface area contributed by atoms with Crippen LogP contribution in [0.25, 0.3) is 0 Å². The smallest absolute Gasteiger partial charge is 0.325 e. The molecule has 4 aliphatic rings. The number of rotatable bonds is 2. The molecule has 2 saturated carbocycles. The highest BCUT2D eigenvalue weighted by Gasteiger charge is 2.52. The number of nitrogens with zero attached hydrogens (tertiary/aromatic N) is 2. The van der Waals surface area contributed by atoms with Crippen molar-refractivity contribution in [2.24, 2.45) is 11.8 Å². The van der Waals surface area contributed by atoms with Crippen LogP contribution in [0.15, 0.2) is 0 Å². The molecular weight excluding hydrogens is 330 g/mol. The van der Waals surface area contributed by atoms with E-state index in [1.807, 2.05) is 4.90 Å². The molecule has 0 bridgehead atoms. The van der Waals surface area contributed by atoms with E-state index in [0.29, 0.717) is 30.7 Å². The summed E-state index contributed by atoms with van der Waals surface area (Å²) < 4.78 is 0. The van der Waals surface area contributed by atoms with E-state index in [9.17, 15) is 14.4 Å². The molecule has 0 unspecified atom stereocenters. The third-order valence-electron chi connectivity index (χ3n) is 7.23. The lowest BCUT2D eigenvalue weighted by atomic mass is 9.77. The average molecular weight is 361 g/mol. The monoisotopic (exact) mass is 361 g/mol. The molecule has 4 fully saturated rings. The first-order chi connectivity index (χ1) is 12.5. The second kappa shape index (κ2) is 6.86. The van der Waals surface area contributed by atoms with E-state index in [1.165, 1.54) is 30.6 Å². The van der Waals surface area contributed by atoms with Crippen LogP contribution in [-0.2, 0) is 9.59 Å². The third-order valence-corrected chi connectivity index (χ3v) is 7.23. The third kappa shape index (κ3) is 3.01. The molecule has 1 spiro atoms. The predicted molar refractivity (Wildman–Crippen MR) is 97.3 cm³/mol. The Balaban J connectivity index is 1.44. The standard InChI is InChI=1S/C20H31N3O3/c1-14-8-10-20(11-9-14)18(25)23(19(26)21-20)13-17(24)22-12-4-6-15-5-2-3-7-16(15)22/h14-16H,2-13H2,1H3,(H,21,26)/t14?,15-,16-,20?/m0/s1. The van der Waals surface area contributed by atoms with E-state index in [-0.39, 0.29) is 24.4 Å². The summed E-state index contributed by atoms with van der Waals surface area (Å²) in [6.07, 6.45) is 10.2. The Morgan fingerprint density at radius 1 is 1.08 bits per heavy atom. The fourth-order valence-electron chi connectivity index (χ4n) is 5.57. The van der Waals surface area contributed by atoms with E-state index >= 15 is 0 Å². The number of nitrogens with one attached hydrogen (secondary N) is 1. The molecule has 26 heavy (non-hydrogen) atoms. The van der Waals surface area contributed by atoms with Crippen LogP contribution < -0.4 is 5.32 Å². The van der Waals surface area contributed by atoms with Crippen molar-refractivity contribution in [1.29, 1.82) is 0 Å². The number of hydrogen-bond acceptors (Lipinski definition) is 3. The zero-order chi connectivity index (χ0) is 18.3. The molecular formula is C20H31N3O3. The molecule has 0 aromatic carbocycles. The van der Waals surface area contributed by atoms with Gasteiger partial charge in [-0.25, -0.2) is 4.79 Å². The number of likely N-dealkylation sites (tertiary alicyclic amines) is 1. The lowest BCUT2D eigenvalue weighted by Gasteiger charge is -2.44. The summed E-state index contributed by atoms with van der Waals surface area (Å²) in [7, 11) is 0. The van der Waals surface area contributed by atoms with Gasteiger partial charge in [0.2, 0.25) is 5.91 Å². The number of hydrogen-bond donors (Lipinski definition) is 1. The number of carbonyl (C=O) groups excluding carboxylic acids is 3. The minimum atomic E-state index is -0.751. The number of fused-ring (bicyclic) bond motifs is 1. The number of piperidine rings is 1. The molecule has 6 nitrogen and oxygen atoms in total. The summed E-state index contributed by atoms with van der Waals surface area (Å²) >= 11 is 0. The SMILES string of the molecule is CC1CCC2(CC1)NC(=O)N(CC(=O)N1CCC[C@@H]3CCCC[C@@H]31)C2=O. The maximum absolute atomic E-state index is 13.0. The predicted octanol–water partition coefficient (Wildman–Crippen LogP) is 2.67. The number of urea groups is 1. The molecule has 0 aromatic rings. The van der Waals surface area contributed by atoms with Crippen molar-refractivity contribution in [1.82, 2.24) is 15.1 Å². The zero-order valence-corrected chi connectivity index (χ0v) is 15.8. The van der Waals surface area contributed by atoms with Crippen LogP contribution in [0.1, 0.15) is 71.1 Å². The molecule has 6 heteroatoms. The lowest BCUT2D eigenvalue weighted by Crippen LogP contribution is -2.53. The summed E-state index contributed by atoms with van der Waals surface area (Å²) in [5.41, 5.74) is -0.751. The minimum absolute atomic E-state index is 0.0497. The van der Waals surface area contributed by atoms with Gasteiger partial charge in [-0.15, -0.1) is 0 Å². The van der Waals surface area contributed by atoms with Crippen LogP contribution in [0.2, 0.25) is 0 Å². The van der Waals surface area contributed by atoms with Crippen molar-refractivity contribution in [3.63, 3.8) is 0 Å². The molecule has 2 aliphatic heterocycles. The van der Waals surface area contributed by atoms with Crippen LogP contribution >= 0.6 is 0 Å². The van der Waals surface area contributed by atoms with Gasteiger partial charge in [0.15, 0.2) is 0 Å². The van der Waals surface area contributed by atoms with Crippen molar-refractivity contribution in [2.45, 2.75) is 82.7 Å². The van der Waals surface area contributed by atoms with Gasteiger partial charge in [0.05, 0.1) is 0 Å². The molecule has 2 atom stereocenters. The Morgan fingerprint density at radius 2 is 1.77 bits per heavy atom. The first-order valence-corrected chi connectivity index (χ1v) is 10.4. The maximum Gasteiger partial charge on any atom is 0.325 e. The van der Waals surface area contributed by atoms with Gasteiger partial charge in [0.1, 0.15) is 12.1 Å². The molecule has 1 N–H and O–H groups in total. The van der Waals surface area contributed by atoms with Crippen molar-refractivity contribution in [3.05, 3.63) is 0 Å². The molecule has 0 radical (unpaired) electrons. The van der Waals surface area contributed by atoms with E-state index in [2.05, 4.69) is 12.2 Å². The summed E-state index contributed by atoms with van der Waals surface area (Å²) in [5.74, 6) is 0.972. The number of imide groups is 1. The van der Waals surface area contributed by atoms with Crippen LogP contribution in [0.3, 0.4) is 0 Å². The second-order valence-corrected chi connectivity index (χ2v) is 8.93. The van der Waals surface area contributed by atoms with Gasteiger partial charge < -0.3 is 10.2 Å². The Labute approximate surface area is 155 Å². The maximum atomic E-state index is 13.0. The molecule has 144 valence electrons. The van der Waals surface area contributed by atoms with Gasteiger partial charge in [0, 0.05) is 12.6 Å². The average Bonchev–Trinajstić information content (AvgIpc) is 2.88. The van der Waals surface area contributed by atoms with Gasteiger partial charge in [0.25, 0.3) is 5.91 Å². The van der Waals surface area contributed by atoms with Crippen LogP contribution in [0.5, 0.6) is 0 Å². The first-order valence-electron chi connectivity index (χ1n) is 10.4. The van der Waals surface area contributed by atoms with Crippen LogP contribution in [0.4, 0.5) is 4.79 Å². The van der Waals surface area contributed by atoms with Crippen LogP contribution in [-0.4, -0.2) is 52.3 Å². The van der Waals surface area contributed by atoms with Gasteiger partial charge in [-0.3, -0.25) is 14.5 Å². The molecule has 2 heterocycles. The second-order valence-electron chi connectivity index (χ2n) is 8.93. The molecule has 4 rings (SSSR count). The first kappa shape index (κ1) is 17.8. The summed E-state index contributed by atoms with van der Waals surface area (Å²) in [5, 5.41) is 2.92. The normalized spacial score (nSPS) is 37.7. The van der Waals surface area contributed by atoms with Crippen molar-refractivity contribution in [3.8, 4) is 0 Å². The summed E-state index contributed by atoms with van der Waals surface area (Å²) in [6, 6.07) is -0.0645. The molecule has 4 amide bonds. The Bertz CT molecular complexity index is 595. The van der Waals surface area contributed by atoms with Gasteiger partial charge in [-0.1, -0.05) is 19.8 Å². The Morgan fingerprint density at radius 3 is 2.54 bits per heavy atom. The van der Waals surface area contributed by atoms with E-state index in [0.717, 1.165) is 32.2 Å². The molecule has 0 aromatic heterocycles. The minimum Gasteiger partial charge on any atom is -0.338 e. The highest BCUT2D eigenvalue weighted by atomic mass is 16.2. The number of amides is 4. The Hall–Kier alpha value is -1.59. The molecule has 2 saturated heterocycles. The van der Waals surface area contributed by atoms with E-state index < -0.39 is 5.54 Å². The van der Waals surface area contributed by atoms with Crippen LogP contribution in [0, 0.1) is 11.8 Å². The highest BCUT2D eigenvalue weighted by Crippen LogP contribution is 2.37. The van der Waals surface area contributed by atoms with Crippen molar-refractivity contribution < 1.29 is 14.4 Å². The fourth-order valence-corrected chi connectivity index (χ4v) is 5.57. The topological polar surface area (TPSA) is 69.7 Å². The Kier molecular flexibility index (Phi) is 4.70. The quantitative estimate of drug-likeness (QED) is 0.769. The largest absolute Gasteiger partial charge is 0.338 e. The van der Waals surface area contributed by atoms with E-state index in [4.69, 9.17) is 0 Å². The summed E-state index contributed by atoms with van der Waals surface area (Å²) in [6.45, 7) is 2.86. The van der Waals surface area contributed by atoms with Crippen molar-refractivity contribution in [2.75, 3.05) is 13.1 Å². The lowest BCUT2D eigenvalue weighted by molar-refractivity contribution is -0.143. The zero-order valence-electron chi connectivity index (χ0n) is 15.8. The van der Waals surface area contributed by atoms with Crippen molar-refractivity contribution >= 4 is 17.8 Å². The van der Waals surface area contributed by atoms with Gasteiger partial charge >= 0.3 is 6.03 Å². The van der Waals surface area contributed by atoms with Gasteiger partial charge in [-0.2, -0.15) is 0 Å². The van der Waals surface area contributed by atoms with E-state index in [1.54, 1.807) is 0 Å². The van der Waals surface area contributed by atoms with Gasteiger partial charge in [-0.05, 0) is 63.2 Å². The number of carbonyl (C=O) groups is 3.